The molecule has 2 aromatic rings. The van der Waals surface area contributed by atoms with Gasteiger partial charge in [0.15, 0.2) is 0 Å². The smallest absolute Gasteiger partial charge is 0.0444 e. The molecular formula is C17H18N2. The van der Waals surface area contributed by atoms with Gasteiger partial charge in [-0.05, 0) is 43.5 Å². The van der Waals surface area contributed by atoms with Crippen molar-refractivity contribution in [1.29, 1.82) is 0 Å². The first-order valence-corrected chi connectivity index (χ1v) is 6.92. The van der Waals surface area contributed by atoms with Crippen LogP contribution in [0.4, 0.5) is 0 Å². The molecule has 0 aromatic carbocycles. The standard InChI is InChI=1S/C17H18N2/c1-2-8-14(16-10-4-6-12-18-16)15(9-3-1)17-11-5-7-13-19-17/h1-2,4-7,10-15H,3,8-9H2. The van der Waals surface area contributed by atoms with Gasteiger partial charge in [-0.1, -0.05) is 24.3 Å². The fourth-order valence-electron chi connectivity index (χ4n) is 2.87. The minimum absolute atomic E-state index is 0.440. The molecule has 2 heterocycles. The molecule has 2 nitrogen and oxygen atoms in total. The van der Waals surface area contributed by atoms with Gasteiger partial charge < -0.3 is 0 Å². The summed E-state index contributed by atoms with van der Waals surface area (Å²) in [5.74, 6) is 0.904. The molecule has 2 atom stereocenters. The third-order valence-electron chi connectivity index (χ3n) is 3.82. The van der Waals surface area contributed by atoms with Gasteiger partial charge in [-0.25, -0.2) is 0 Å². The van der Waals surface area contributed by atoms with Crippen LogP contribution < -0.4 is 0 Å². The quantitative estimate of drug-likeness (QED) is 0.750. The highest BCUT2D eigenvalue weighted by Crippen LogP contribution is 2.39. The van der Waals surface area contributed by atoms with Crippen molar-refractivity contribution in [3.05, 3.63) is 72.3 Å². The molecule has 0 spiro atoms. The fraction of sp³-hybridized carbons (Fsp3) is 0.294. The summed E-state index contributed by atoms with van der Waals surface area (Å²) in [6.07, 6.45) is 11.7. The molecule has 0 amide bonds. The molecule has 2 heteroatoms. The predicted molar refractivity (Wildman–Crippen MR) is 76.9 cm³/mol. The van der Waals surface area contributed by atoms with Crippen molar-refractivity contribution >= 4 is 0 Å². The maximum atomic E-state index is 4.56. The Labute approximate surface area is 114 Å². The van der Waals surface area contributed by atoms with Crippen LogP contribution in [0.1, 0.15) is 42.5 Å². The van der Waals surface area contributed by atoms with Gasteiger partial charge in [0.1, 0.15) is 0 Å². The minimum Gasteiger partial charge on any atom is -0.261 e. The summed E-state index contributed by atoms with van der Waals surface area (Å²) >= 11 is 0. The SMILES string of the molecule is C1=CCC(c2ccccn2)C(c2ccccn2)CC1. The molecule has 0 bridgehead atoms. The van der Waals surface area contributed by atoms with E-state index in [0.717, 1.165) is 19.3 Å². The van der Waals surface area contributed by atoms with Crippen LogP contribution in [0.2, 0.25) is 0 Å². The molecule has 1 aliphatic carbocycles. The summed E-state index contributed by atoms with van der Waals surface area (Å²) in [4.78, 5) is 9.12. The fourth-order valence-corrected chi connectivity index (χ4v) is 2.87. The Kier molecular flexibility index (Phi) is 3.68. The first-order valence-electron chi connectivity index (χ1n) is 6.92. The van der Waals surface area contributed by atoms with Crippen molar-refractivity contribution in [2.45, 2.75) is 31.1 Å². The molecule has 0 fully saturated rings. The Bertz CT molecular complexity index is 534. The molecule has 0 saturated carbocycles. The summed E-state index contributed by atoms with van der Waals surface area (Å²) in [5, 5.41) is 0. The Morgan fingerprint density at radius 2 is 1.47 bits per heavy atom. The molecule has 0 aliphatic heterocycles. The summed E-state index contributed by atoms with van der Waals surface area (Å²) in [7, 11) is 0. The normalized spacial score (nSPS) is 22.9. The van der Waals surface area contributed by atoms with Crippen molar-refractivity contribution in [3.63, 3.8) is 0 Å². The lowest BCUT2D eigenvalue weighted by molar-refractivity contribution is 0.502. The summed E-state index contributed by atoms with van der Waals surface area (Å²) in [5.41, 5.74) is 2.38. The van der Waals surface area contributed by atoms with E-state index >= 15 is 0 Å². The number of hydrogen-bond acceptors (Lipinski definition) is 2. The highest BCUT2D eigenvalue weighted by atomic mass is 14.7. The zero-order chi connectivity index (χ0) is 12.9. The topological polar surface area (TPSA) is 25.8 Å². The van der Waals surface area contributed by atoms with Gasteiger partial charge in [0.2, 0.25) is 0 Å². The molecule has 2 aromatic heterocycles. The second-order valence-electron chi connectivity index (χ2n) is 5.01. The number of allylic oxidation sites excluding steroid dienone is 2. The predicted octanol–water partition coefficient (Wildman–Crippen LogP) is 4.08. The zero-order valence-electron chi connectivity index (χ0n) is 10.9. The third-order valence-corrected chi connectivity index (χ3v) is 3.82. The maximum absolute atomic E-state index is 4.56. The first-order chi connectivity index (χ1) is 9.45. The number of aromatic nitrogens is 2. The monoisotopic (exact) mass is 250 g/mol. The van der Waals surface area contributed by atoms with Crippen molar-refractivity contribution in [3.8, 4) is 0 Å². The van der Waals surface area contributed by atoms with Crippen molar-refractivity contribution < 1.29 is 0 Å². The van der Waals surface area contributed by atoms with Crippen LogP contribution in [-0.4, -0.2) is 9.97 Å². The third kappa shape index (κ3) is 2.73. The molecule has 1 aliphatic rings. The zero-order valence-corrected chi connectivity index (χ0v) is 10.9. The van der Waals surface area contributed by atoms with E-state index in [9.17, 15) is 0 Å². The van der Waals surface area contributed by atoms with Crippen LogP contribution in [0.5, 0.6) is 0 Å². The molecule has 2 unspecified atom stereocenters. The van der Waals surface area contributed by atoms with E-state index in [1.807, 2.05) is 24.5 Å². The maximum Gasteiger partial charge on any atom is 0.0444 e. The number of rotatable bonds is 2. The van der Waals surface area contributed by atoms with Crippen molar-refractivity contribution in [2.75, 3.05) is 0 Å². The van der Waals surface area contributed by atoms with Gasteiger partial charge >= 0.3 is 0 Å². The lowest BCUT2D eigenvalue weighted by atomic mass is 9.82. The second kappa shape index (κ2) is 5.79. The van der Waals surface area contributed by atoms with E-state index in [4.69, 9.17) is 0 Å². The number of nitrogens with zero attached hydrogens (tertiary/aromatic N) is 2. The molecular weight excluding hydrogens is 232 g/mol. The van der Waals surface area contributed by atoms with E-state index in [0.29, 0.717) is 11.8 Å². The van der Waals surface area contributed by atoms with Gasteiger partial charge in [-0.3, -0.25) is 9.97 Å². The van der Waals surface area contributed by atoms with Crippen LogP contribution in [0.3, 0.4) is 0 Å². The van der Waals surface area contributed by atoms with Crippen LogP contribution in [-0.2, 0) is 0 Å². The van der Waals surface area contributed by atoms with Crippen molar-refractivity contribution in [2.24, 2.45) is 0 Å². The molecule has 0 saturated heterocycles. The lowest BCUT2D eigenvalue weighted by Gasteiger charge is -2.24. The molecule has 19 heavy (non-hydrogen) atoms. The lowest BCUT2D eigenvalue weighted by Crippen LogP contribution is -2.12. The molecule has 96 valence electrons. The minimum atomic E-state index is 0.440. The number of pyridine rings is 2. The second-order valence-corrected chi connectivity index (χ2v) is 5.01. The molecule has 0 N–H and O–H groups in total. The van der Waals surface area contributed by atoms with Gasteiger partial charge in [0, 0.05) is 35.6 Å². The highest BCUT2D eigenvalue weighted by molar-refractivity contribution is 5.22. The Morgan fingerprint density at radius 1 is 0.789 bits per heavy atom. The van der Waals surface area contributed by atoms with E-state index in [1.54, 1.807) is 0 Å². The Hall–Kier alpha value is -1.96. The van der Waals surface area contributed by atoms with E-state index in [2.05, 4.69) is 46.4 Å². The summed E-state index contributed by atoms with van der Waals surface area (Å²) in [6.45, 7) is 0. The van der Waals surface area contributed by atoms with Crippen molar-refractivity contribution in [1.82, 2.24) is 9.97 Å². The summed E-state index contributed by atoms with van der Waals surface area (Å²) < 4.78 is 0. The Morgan fingerprint density at radius 3 is 2.11 bits per heavy atom. The largest absolute Gasteiger partial charge is 0.261 e. The Balaban J connectivity index is 1.96. The van der Waals surface area contributed by atoms with Crippen LogP contribution >= 0.6 is 0 Å². The van der Waals surface area contributed by atoms with Crippen LogP contribution in [0.25, 0.3) is 0 Å². The van der Waals surface area contributed by atoms with Crippen LogP contribution in [0.15, 0.2) is 60.9 Å². The van der Waals surface area contributed by atoms with E-state index in [1.165, 1.54) is 11.4 Å². The van der Waals surface area contributed by atoms with E-state index < -0.39 is 0 Å². The van der Waals surface area contributed by atoms with Gasteiger partial charge in [-0.2, -0.15) is 0 Å². The summed E-state index contributed by atoms with van der Waals surface area (Å²) in [6, 6.07) is 12.4. The average molecular weight is 250 g/mol. The molecule has 0 radical (unpaired) electrons. The van der Waals surface area contributed by atoms with Gasteiger partial charge in [0.05, 0.1) is 0 Å². The van der Waals surface area contributed by atoms with Gasteiger partial charge in [-0.15, -0.1) is 0 Å². The highest BCUT2D eigenvalue weighted by Gasteiger charge is 2.26. The van der Waals surface area contributed by atoms with Crippen LogP contribution in [0, 0.1) is 0 Å². The van der Waals surface area contributed by atoms with Gasteiger partial charge in [0.25, 0.3) is 0 Å². The van der Waals surface area contributed by atoms with E-state index in [-0.39, 0.29) is 0 Å². The average Bonchev–Trinajstić information content (AvgIpc) is 2.75. The number of hydrogen-bond donors (Lipinski definition) is 0. The first kappa shape index (κ1) is 12.1. The molecule has 3 rings (SSSR count).